The zero-order valence-electron chi connectivity index (χ0n) is 13.9. The Labute approximate surface area is 150 Å². The number of nitrogens with one attached hydrogen (secondary N) is 2. The lowest BCUT2D eigenvalue weighted by Gasteiger charge is -2.28. The Hall–Kier alpha value is -2.99. The van der Waals surface area contributed by atoms with Gasteiger partial charge >= 0.3 is 0 Å². The smallest absolute Gasteiger partial charge is 0.250 e. The van der Waals surface area contributed by atoms with E-state index >= 15 is 0 Å². The average molecular weight is 347 g/mol. The number of para-hydroxylation sites is 1. The summed E-state index contributed by atoms with van der Waals surface area (Å²) in [5.41, 5.74) is 1.19. The lowest BCUT2D eigenvalue weighted by Crippen LogP contribution is -2.51. The van der Waals surface area contributed by atoms with Gasteiger partial charge in [-0.05, 0) is 11.6 Å². The van der Waals surface area contributed by atoms with Crippen LogP contribution < -0.4 is 10.6 Å². The molecule has 0 radical (unpaired) electrons. The topological polar surface area (TPSA) is 78.5 Å². The summed E-state index contributed by atoms with van der Waals surface area (Å²) in [5.74, 6) is -1.95. The van der Waals surface area contributed by atoms with Crippen LogP contribution >= 0.6 is 0 Å². The number of carbonyl (C=O) groups is 3. The second kappa shape index (κ2) is 5.25. The molecule has 2 aromatic rings. The van der Waals surface area contributed by atoms with Crippen LogP contribution in [0.25, 0.3) is 0 Å². The number of anilines is 1. The second-order valence-electron chi connectivity index (χ2n) is 7.02. The molecule has 0 aromatic heterocycles. The van der Waals surface area contributed by atoms with Gasteiger partial charge in [0.05, 0.1) is 18.4 Å². The summed E-state index contributed by atoms with van der Waals surface area (Å²) in [5, 5.41) is 6.06. The summed E-state index contributed by atoms with van der Waals surface area (Å²) in [6.07, 6.45) is 0. The highest BCUT2D eigenvalue weighted by Crippen LogP contribution is 2.50. The van der Waals surface area contributed by atoms with Crippen LogP contribution in [0.2, 0.25) is 0 Å². The van der Waals surface area contributed by atoms with Crippen LogP contribution in [0.1, 0.15) is 11.1 Å². The van der Waals surface area contributed by atoms with Gasteiger partial charge in [-0.3, -0.25) is 24.6 Å². The number of rotatable bonds is 2. The normalized spacial score (nSPS) is 29.2. The van der Waals surface area contributed by atoms with Crippen molar-refractivity contribution in [3.8, 4) is 0 Å². The van der Waals surface area contributed by atoms with E-state index in [4.69, 9.17) is 0 Å². The summed E-state index contributed by atoms with van der Waals surface area (Å²) in [6, 6.07) is 16.8. The standard InChI is InChI=1S/C20H17N3O3/c24-17-13-10-21-20(14-8-4-5-9-15(14)22-19(20)26)16(13)18(25)23(17)11-12-6-2-1-3-7-12/h1-9,13,16,21H,10-11H2,(H,22,26)/t13-,16-,20-/m1/s1. The molecule has 130 valence electrons. The van der Waals surface area contributed by atoms with Crippen molar-refractivity contribution >= 4 is 23.4 Å². The van der Waals surface area contributed by atoms with Gasteiger partial charge in [-0.2, -0.15) is 0 Å². The van der Waals surface area contributed by atoms with E-state index in [1.54, 1.807) is 0 Å². The Balaban J connectivity index is 1.55. The number of hydrogen-bond donors (Lipinski definition) is 2. The predicted octanol–water partition coefficient (Wildman–Crippen LogP) is 1.24. The zero-order valence-corrected chi connectivity index (χ0v) is 13.9. The maximum absolute atomic E-state index is 13.2. The van der Waals surface area contributed by atoms with Crippen LogP contribution in [-0.2, 0) is 26.5 Å². The number of fused-ring (bicyclic) bond motifs is 4. The molecule has 0 aliphatic carbocycles. The molecule has 3 heterocycles. The molecule has 3 aliphatic heterocycles. The number of imide groups is 1. The van der Waals surface area contributed by atoms with Crippen LogP contribution in [0.15, 0.2) is 54.6 Å². The summed E-state index contributed by atoms with van der Waals surface area (Å²) in [6.45, 7) is 0.563. The zero-order chi connectivity index (χ0) is 17.9. The molecule has 26 heavy (non-hydrogen) atoms. The molecule has 6 heteroatoms. The fourth-order valence-electron chi connectivity index (χ4n) is 4.55. The third-order valence-corrected chi connectivity index (χ3v) is 5.73. The average Bonchev–Trinajstić information content (AvgIpc) is 3.26. The van der Waals surface area contributed by atoms with Crippen molar-refractivity contribution in [2.75, 3.05) is 11.9 Å². The van der Waals surface area contributed by atoms with E-state index in [1.165, 1.54) is 4.90 Å². The van der Waals surface area contributed by atoms with E-state index in [2.05, 4.69) is 10.6 Å². The predicted molar refractivity (Wildman–Crippen MR) is 93.7 cm³/mol. The Bertz CT molecular complexity index is 942. The molecule has 2 fully saturated rings. The Kier molecular flexibility index (Phi) is 3.09. The monoisotopic (exact) mass is 347 g/mol. The van der Waals surface area contributed by atoms with Crippen molar-refractivity contribution in [1.29, 1.82) is 0 Å². The molecule has 0 saturated carbocycles. The molecule has 2 aromatic carbocycles. The molecule has 2 N–H and O–H groups in total. The van der Waals surface area contributed by atoms with E-state index in [0.717, 1.165) is 11.1 Å². The number of nitrogens with zero attached hydrogens (tertiary/aromatic N) is 1. The lowest BCUT2D eigenvalue weighted by molar-refractivity contribution is -0.143. The highest BCUT2D eigenvalue weighted by Gasteiger charge is 2.67. The third-order valence-electron chi connectivity index (χ3n) is 5.73. The van der Waals surface area contributed by atoms with E-state index in [1.807, 2.05) is 54.6 Å². The van der Waals surface area contributed by atoms with Crippen LogP contribution in [0, 0.1) is 11.8 Å². The molecule has 2 saturated heterocycles. The Morgan fingerprint density at radius 2 is 1.69 bits per heavy atom. The van der Waals surface area contributed by atoms with Crippen molar-refractivity contribution in [3.63, 3.8) is 0 Å². The molecule has 0 unspecified atom stereocenters. The first-order valence-corrected chi connectivity index (χ1v) is 8.68. The first-order chi connectivity index (χ1) is 12.6. The van der Waals surface area contributed by atoms with Crippen LogP contribution in [0.3, 0.4) is 0 Å². The second-order valence-corrected chi connectivity index (χ2v) is 7.02. The first-order valence-electron chi connectivity index (χ1n) is 8.68. The number of hydrogen-bond acceptors (Lipinski definition) is 4. The highest BCUT2D eigenvalue weighted by atomic mass is 16.2. The van der Waals surface area contributed by atoms with Gasteiger partial charge in [0.1, 0.15) is 5.54 Å². The third kappa shape index (κ3) is 1.82. The fourth-order valence-corrected chi connectivity index (χ4v) is 4.55. The summed E-state index contributed by atoms with van der Waals surface area (Å²) < 4.78 is 0. The Morgan fingerprint density at radius 1 is 0.962 bits per heavy atom. The maximum Gasteiger partial charge on any atom is 0.250 e. The largest absolute Gasteiger partial charge is 0.324 e. The van der Waals surface area contributed by atoms with Gasteiger partial charge in [0, 0.05) is 17.8 Å². The highest BCUT2D eigenvalue weighted by molar-refractivity contribution is 6.14. The molecule has 0 bridgehead atoms. The van der Waals surface area contributed by atoms with Crippen molar-refractivity contribution in [2.24, 2.45) is 11.8 Å². The van der Waals surface area contributed by atoms with Crippen molar-refractivity contribution < 1.29 is 14.4 Å². The number of carbonyl (C=O) groups excluding carboxylic acids is 3. The molecule has 1 spiro atoms. The molecular formula is C20H17N3O3. The van der Waals surface area contributed by atoms with Crippen molar-refractivity contribution in [3.05, 3.63) is 65.7 Å². The number of benzene rings is 2. The molecule has 5 rings (SSSR count). The summed E-state index contributed by atoms with van der Waals surface area (Å²) >= 11 is 0. The van der Waals surface area contributed by atoms with E-state index in [9.17, 15) is 14.4 Å². The van der Waals surface area contributed by atoms with Gasteiger partial charge in [0.25, 0.3) is 0 Å². The molecule has 3 atom stereocenters. The van der Waals surface area contributed by atoms with Crippen LogP contribution in [-0.4, -0.2) is 29.2 Å². The minimum atomic E-state index is -1.15. The minimum absolute atomic E-state index is 0.203. The summed E-state index contributed by atoms with van der Waals surface area (Å²) in [7, 11) is 0. The minimum Gasteiger partial charge on any atom is -0.324 e. The van der Waals surface area contributed by atoms with Crippen LogP contribution in [0.4, 0.5) is 5.69 Å². The maximum atomic E-state index is 13.2. The fraction of sp³-hybridized carbons (Fsp3) is 0.250. The SMILES string of the molecule is O=C1[C@@H]2CN[C@@]3(C(=O)Nc4ccccc43)[C@H]2C(=O)N1Cc1ccccc1. The van der Waals surface area contributed by atoms with Gasteiger partial charge < -0.3 is 5.32 Å². The van der Waals surface area contributed by atoms with Crippen molar-refractivity contribution in [2.45, 2.75) is 12.1 Å². The molecule has 3 amide bonds. The van der Waals surface area contributed by atoms with Gasteiger partial charge in [-0.1, -0.05) is 48.5 Å². The van der Waals surface area contributed by atoms with E-state index in [0.29, 0.717) is 12.2 Å². The summed E-state index contributed by atoms with van der Waals surface area (Å²) in [4.78, 5) is 40.3. The molecular weight excluding hydrogens is 330 g/mol. The van der Waals surface area contributed by atoms with Gasteiger partial charge in [0.15, 0.2) is 0 Å². The van der Waals surface area contributed by atoms with Crippen LogP contribution in [0.5, 0.6) is 0 Å². The quantitative estimate of drug-likeness (QED) is 0.801. The molecule has 6 nitrogen and oxygen atoms in total. The first kappa shape index (κ1) is 15.3. The van der Waals surface area contributed by atoms with E-state index in [-0.39, 0.29) is 24.3 Å². The Morgan fingerprint density at radius 3 is 2.50 bits per heavy atom. The lowest BCUT2D eigenvalue weighted by atomic mass is 9.77. The number of amides is 3. The van der Waals surface area contributed by atoms with Gasteiger partial charge in [-0.25, -0.2) is 0 Å². The van der Waals surface area contributed by atoms with Crippen molar-refractivity contribution in [1.82, 2.24) is 10.2 Å². The van der Waals surface area contributed by atoms with Gasteiger partial charge in [0.2, 0.25) is 17.7 Å². The number of likely N-dealkylation sites (tertiary alicyclic amines) is 1. The van der Waals surface area contributed by atoms with Gasteiger partial charge in [-0.15, -0.1) is 0 Å². The van der Waals surface area contributed by atoms with E-state index < -0.39 is 17.4 Å². The molecule has 3 aliphatic rings.